The predicted octanol–water partition coefficient (Wildman–Crippen LogP) is 2.44. The summed E-state index contributed by atoms with van der Waals surface area (Å²) in [5, 5.41) is 1.13. The minimum atomic E-state index is -3.02. The zero-order valence-electron chi connectivity index (χ0n) is 12.4. The van der Waals surface area contributed by atoms with Crippen LogP contribution in [0, 0.1) is 0 Å². The maximum absolute atomic E-state index is 11.8. The number of aldehydes is 1. The van der Waals surface area contributed by atoms with Crippen LogP contribution in [0.4, 0.5) is 0 Å². The Morgan fingerprint density at radius 1 is 1.30 bits per heavy atom. The first kappa shape index (κ1) is 16.1. The number of aromatic nitrogens is 2. The van der Waals surface area contributed by atoms with Crippen molar-refractivity contribution in [3.63, 3.8) is 0 Å². The highest BCUT2D eigenvalue weighted by atomic mass is 35.5. The minimum absolute atomic E-state index is 0.141. The Balaban J connectivity index is 1.84. The quantitative estimate of drug-likeness (QED) is 0.605. The summed E-state index contributed by atoms with van der Waals surface area (Å²) in [6, 6.07) is 1.58. The second-order valence-electron chi connectivity index (χ2n) is 5.47. The lowest BCUT2D eigenvalue weighted by Crippen LogP contribution is -2.43. The van der Waals surface area contributed by atoms with Gasteiger partial charge in [-0.15, -0.1) is 0 Å². The van der Waals surface area contributed by atoms with Crippen LogP contribution < -0.4 is 4.74 Å². The van der Waals surface area contributed by atoms with Gasteiger partial charge in [0.1, 0.15) is 11.3 Å². The molecule has 8 heteroatoms. The van der Waals surface area contributed by atoms with E-state index in [1.54, 1.807) is 13.0 Å². The maximum Gasteiger partial charge on any atom is 0.223 e. The maximum atomic E-state index is 11.8. The van der Waals surface area contributed by atoms with Crippen LogP contribution in [0.15, 0.2) is 18.5 Å². The van der Waals surface area contributed by atoms with Crippen molar-refractivity contribution in [2.75, 3.05) is 5.75 Å². The van der Waals surface area contributed by atoms with Crippen LogP contribution in [-0.2, 0) is 9.84 Å². The van der Waals surface area contributed by atoms with Crippen LogP contribution in [0.5, 0.6) is 5.88 Å². The summed E-state index contributed by atoms with van der Waals surface area (Å²) in [6.45, 7) is 1.64. The van der Waals surface area contributed by atoms with E-state index in [9.17, 15) is 13.2 Å². The molecule has 1 fully saturated rings. The lowest BCUT2D eigenvalue weighted by atomic mass is 9.95. The molecule has 0 spiro atoms. The molecule has 1 aliphatic carbocycles. The number of nitrogens with zero attached hydrogens (tertiary/aromatic N) is 2. The molecule has 6 nitrogen and oxygen atoms in total. The van der Waals surface area contributed by atoms with Crippen LogP contribution in [0.25, 0.3) is 10.8 Å². The molecule has 0 amide bonds. The van der Waals surface area contributed by atoms with Gasteiger partial charge >= 0.3 is 0 Å². The lowest BCUT2D eigenvalue weighted by molar-refractivity contribution is 0.112. The van der Waals surface area contributed by atoms with Crippen LogP contribution in [0.3, 0.4) is 0 Å². The smallest absolute Gasteiger partial charge is 0.223 e. The molecular formula is C15H15ClN2O4S. The van der Waals surface area contributed by atoms with Crippen molar-refractivity contribution in [2.24, 2.45) is 0 Å². The second-order valence-corrected chi connectivity index (χ2v) is 8.43. The monoisotopic (exact) mass is 354 g/mol. The molecule has 1 aliphatic rings. The molecule has 2 aromatic heterocycles. The highest BCUT2D eigenvalue weighted by Gasteiger charge is 2.39. The third-order valence-corrected chi connectivity index (χ3v) is 6.51. The van der Waals surface area contributed by atoms with Crippen molar-refractivity contribution < 1.29 is 17.9 Å². The summed E-state index contributed by atoms with van der Waals surface area (Å²) in [4.78, 5) is 19.3. The Hall–Kier alpha value is -1.73. The third kappa shape index (κ3) is 3.03. The Morgan fingerprint density at radius 2 is 2.04 bits per heavy atom. The van der Waals surface area contributed by atoms with Gasteiger partial charge in [0.05, 0.1) is 10.6 Å². The topological polar surface area (TPSA) is 86.2 Å². The second kappa shape index (κ2) is 6.05. The van der Waals surface area contributed by atoms with Crippen molar-refractivity contribution >= 4 is 38.5 Å². The van der Waals surface area contributed by atoms with Crippen molar-refractivity contribution in [3.05, 3.63) is 29.2 Å². The van der Waals surface area contributed by atoms with E-state index < -0.39 is 9.84 Å². The number of carbonyl (C=O) groups is 1. The van der Waals surface area contributed by atoms with Crippen LogP contribution in [0.1, 0.15) is 30.1 Å². The number of ether oxygens (including phenoxy) is 1. The van der Waals surface area contributed by atoms with Crippen molar-refractivity contribution in [1.29, 1.82) is 0 Å². The van der Waals surface area contributed by atoms with E-state index in [4.69, 9.17) is 16.3 Å². The Bertz CT molecular complexity index is 863. The number of fused-ring (bicyclic) bond motifs is 1. The van der Waals surface area contributed by atoms with Crippen molar-refractivity contribution in [3.8, 4) is 5.88 Å². The molecule has 0 aliphatic heterocycles. The van der Waals surface area contributed by atoms with Crippen molar-refractivity contribution in [2.45, 2.75) is 31.1 Å². The first-order valence-corrected chi connectivity index (χ1v) is 9.31. The molecule has 0 aromatic carbocycles. The normalized spacial score (nSPS) is 21.0. The minimum Gasteiger partial charge on any atom is -0.474 e. The molecule has 2 heterocycles. The first-order chi connectivity index (χ1) is 10.9. The van der Waals surface area contributed by atoms with E-state index in [1.807, 2.05) is 0 Å². The summed E-state index contributed by atoms with van der Waals surface area (Å²) in [6.07, 6.45) is 4.33. The van der Waals surface area contributed by atoms with Crippen molar-refractivity contribution in [1.82, 2.24) is 9.97 Å². The fourth-order valence-electron chi connectivity index (χ4n) is 2.59. The molecule has 1 saturated carbocycles. The molecule has 0 unspecified atom stereocenters. The Labute approximate surface area is 138 Å². The number of sulfone groups is 1. The average Bonchev–Trinajstić information content (AvgIpc) is 2.49. The zero-order chi connectivity index (χ0) is 16.6. The van der Waals surface area contributed by atoms with Gasteiger partial charge in [0.25, 0.3) is 0 Å². The van der Waals surface area contributed by atoms with Gasteiger partial charge in [0, 0.05) is 41.9 Å². The van der Waals surface area contributed by atoms with Crippen LogP contribution in [-0.4, -0.2) is 41.8 Å². The number of halogens is 1. The summed E-state index contributed by atoms with van der Waals surface area (Å²) >= 11 is 5.87. The molecule has 122 valence electrons. The van der Waals surface area contributed by atoms with E-state index in [0.717, 1.165) is 0 Å². The molecule has 0 atom stereocenters. The van der Waals surface area contributed by atoms with Gasteiger partial charge in [-0.1, -0.05) is 18.5 Å². The van der Waals surface area contributed by atoms with Gasteiger partial charge in [-0.2, -0.15) is 0 Å². The average molecular weight is 355 g/mol. The zero-order valence-corrected chi connectivity index (χ0v) is 14.0. The molecular weight excluding hydrogens is 340 g/mol. The van der Waals surface area contributed by atoms with E-state index in [2.05, 4.69) is 9.97 Å². The predicted molar refractivity (Wildman–Crippen MR) is 86.8 cm³/mol. The van der Waals surface area contributed by atoms with Crippen LogP contribution in [0.2, 0.25) is 5.15 Å². The van der Waals surface area contributed by atoms with Gasteiger partial charge in [0.15, 0.2) is 16.1 Å². The van der Waals surface area contributed by atoms with E-state index in [1.165, 1.54) is 12.4 Å². The molecule has 2 aromatic rings. The molecule has 3 rings (SSSR count). The van der Waals surface area contributed by atoms with Gasteiger partial charge < -0.3 is 4.74 Å². The largest absolute Gasteiger partial charge is 0.474 e. The fraction of sp³-hybridized carbons (Fsp3) is 0.400. The van der Waals surface area contributed by atoms with E-state index in [0.29, 0.717) is 41.3 Å². The molecule has 0 N–H and O–H groups in total. The molecule has 23 heavy (non-hydrogen) atoms. The summed E-state index contributed by atoms with van der Waals surface area (Å²) in [5.74, 6) is 0.481. The van der Waals surface area contributed by atoms with Gasteiger partial charge in [-0.05, 0) is 6.07 Å². The Kier molecular flexibility index (Phi) is 4.25. The molecule has 0 bridgehead atoms. The number of hydrogen-bond acceptors (Lipinski definition) is 6. The Morgan fingerprint density at radius 3 is 2.70 bits per heavy atom. The fourth-order valence-corrected chi connectivity index (χ4v) is 4.24. The summed E-state index contributed by atoms with van der Waals surface area (Å²) in [5.41, 5.74) is 0.400. The number of rotatable bonds is 5. The molecule has 0 radical (unpaired) electrons. The first-order valence-electron chi connectivity index (χ1n) is 7.22. The third-order valence-electron chi connectivity index (χ3n) is 4.10. The van der Waals surface area contributed by atoms with E-state index >= 15 is 0 Å². The summed E-state index contributed by atoms with van der Waals surface area (Å²) in [7, 11) is -3.02. The number of carbonyl (C=O) groups excluding carboxylic acids is 1. The SMILES string of the molecule is CCS(=O)(=O)[C@H]1C[C@@H](Oc2ncc(C=O)c3cc(Cl)ncc23)C1. The van der Waals surface area contributed by atoms with Crippen LogP contribution >= 0.6 is 11.6 Å². The van der Waals surface area contributed by atoms with Gasteiger partial charge in [-0.25, -0.2) is 18.4 Å². The highest BCUT2D eigenvalue weighted by molar-refractivity contribution is 7.92. The highest BCUT2D eigenvalue weighted by Crippen LogP contribution is 2.34. The lowest BCUT2D eigenvalue weighted by Gasteiger charge is -2.34. The number of pyridine rings is 2. The standard InChI is InChI=1S/C15H15ClN2O4S/c1-2-23(20,21)11-3-10(4-11)22-15-13-7-17-14(16)5-12(13)9(8-19)6-18-15/h5-8,10-11H,2-4H2,1H3/t10-,11+. The summed E-state index contributed by atoms with van der Waals surface area (Å²) < 4.78 is 29.4. The van der Waals surface area contributed by atoms with Gasteiger partial charge in [-0.3, -0.25) is 4.79 Å². The van der Waals surface area contributed by atoms with Gasteiger partial charge in [0.2, 0.25) is 5.88 Å². The molecule has 0 saturated heterocycles. The van der Waals surface area contributed by atoms with E-state index in [-0.39, 0.29) is 22.3 Å². The number of hydrogen-bond donors (Lipinski definition) is 0.